The van der Waals surface area contributed by atoms with Crippen LogP contribution in [0.1, 0.15) is 30.4 Å². The topological polar surface area (TPSA) is 90.5 Å². The molecule has 1 aromatic rings. The largest absolute Gasteiger partial charge is 0.354 e. The number of carbonyl (C=O) groups excluding carboxylic acids is 3. The maximum atomic E-state index is 13.0. The van der Waals surface area contributed by atoms with Gasteiger partial charge in [0, 0.05) is 6.54 Å². The van der Waals surface area contributed by atoms with Gasteiger partial charge in [-0.2, -0.15) is 0 Å². The van der Waals surface area contributed by atoms with Crippen LogP contribution in [-0.4, -0.2) is 48.9 Å². The van der Waals surface area contributed by atoms with Crippen molar-refractivity contribution in [1.82, 2.24) is 20.9 Å². The fraction of sp³-hybridized carbons (Fsp3) is 0.526. The molecule has 2 atom stereocenters. The molecule has 1 spiro atoms. The Bertz CT molecular complexity index is 750. The van der Waals surface area contributed by atoms with Crippen molar-refractivity contribution in [1.29, 1.82) is 0 Å². The van der Waals surface area contributed by atoms with Crippen molar-refractivity contribution in [3.8, 4) is 0 Å². The zero-order valence-electron chi connectivity index (χ0n) is 15.1. The third-order valence-corrected chi connectivity index (χ3v) is 5.71. The van der Waals surface area contributed by atoms with Crippen molar-refractivity contribution in [2.45, 2.75) is 31.2 Å². The molecule has 4 rings (SSSR count). The molecule has 146 valence electrons. The third kappa shape index (κ3) is 3.53. The summed E-state index contributed by atoms with van der Waals surface area (Å²) < 4.78 is 0. The Morgan fingerprint density at radius 2 is 2.11 bits per heavy atom. The highest BCUT2D eigenvalue weighted by atomic mass is 35.5. The molecule has 2 unspecified atom stereocenters. The molecule has 7 nitrogen and oxygen atoms in total. The Labute approximate surface area is 164 Å². The summed E-state index contributed by atoms with van der Waals surface area (Å²) in [5.74, 6) is -0.201. The van der Waals surface area contributed by atoms with Crippen LogP contribution in [-0.2, 0) is 21.5 Å². The van der Waals surface area contributed by atoms with E-state index in [1.807, 2.05) is 24.3 Å². The third-order valence-electron chi connectivity index (χ3n) is 5.71. The number of hydrogen-bond acceptors (Lipinski definition) is 4. The fourth-order valence-corrected chi connectivity index (χ4v) is 4.29. The summed E-state index contributed by atoms with van der Waals surface area (Å²) in [6.45, 7) is 2.26. The first-order valence-corrected chi connectivity index (χ1v) is 9.30. The number of piperidine rings is 1. The maximum absolute atomic E-state index is 13.0. The summed E-state index contributed by atoms with van der Waals surface area (Å²) in [5, 5.41) is 9.02. The first kappa shape index (κ1) is 19.6. The van der Waals surface area contributed by atoms with Crippen molar-refractivity contribution in [3.63, 3.8) is 0 Å². The van der Waals surface area contributed by atoms with Crippen molar-refractivity contribution in [3.05, 3.63) is 35.4 Å². The maximum Gasteiger partial charge on any atom is 0.325 e. The van der Waals surface area contributed by atoms with Crippen LogP contribution in [0.3, 0.4) is 0 Å². The molecule has 8 heteroatoms. The van der Waals surface area contributed by atoms with Gasteiger partial charge in [-0.15, -0.1) is 12.4 Å². The molecular formula is C19H25ClN4O3. The number of nitrogens with zero attached hydrogens (tertiary/aromatic N) is 1. The summed E-state index contributed by atoms with van der Waals surface area (Å²) >= 11 is 0. The first-order chi connectivity index (χ1) is 12.6. The van der Waals surface area contributed by atoms with Crippen LogP contribution in [0.5, 0.6) is 0 Å². The van der Waals surface area contributed by atoms with E-state index in [4.69, 9.17) is 0 Å². The molecule has 2 aliphatic heterocycles. The zero-order valence-corrected chi connectivity index (χ0v) is 15.9. The molecular weight excluding hydrogens is 368 g/mol. The highest BCUT2D eigenvalue weighted by molar-refractivity contribution is 6.09. The van der Waals surface area contributed by atoms with E-state index in [0.717, 1.165) is 48.4 Å². The van der Waals surface area contributed by atoms with Crippen molar-refractivity contribution < 1.29 is 14.4 Å². The average molecular weight is 393 g/mol. The van der Waals surface area contributed by atoms with Crippen LogP contribution in [0.25, 0.3) is 0 Å². The Balaban J connectivity index is 0.00000210. The number of amides is 4. The highest BCUT2D eigenvalue weighted by Crippen LogP contribution is 2.41. The van der Waals surface area contributed by atoms with E-state index in [1.165, 1.54) is 0 Å². The molecule has 0 saturated carbocycles. The lowest BCUT2D eigenvalue weighted by Gasteiger charge is -2.24. The minimum Gasteiger partial charge on any atom is -0.354 e. The smallest absolute Gasteiger partial charge is 0.325 e. The second-order valence-corrected chi connectivity index (χ2v) is 7.40. The number of fused-ring (bicyclic) bond motifs is 2. The second kappa shape index (κ2) is 7.86. The van der Waals surface area contributed by atoms with Gasteiger partial charge in [0.2, 0.25) is 5.91 Å². The van der Waals surface area contributed by atoms with Crippen LogP contribution < -0.4 is 16.0 Å². The molecule has 1 aliphatic carbocycles. The van der Waals surface area contributed by atoms with E-state index < -0.39 is 11.6 Å². The van der Waals surface area contributed by atoms with Gasteiger partial charge in [-0.25, -0.2) is 4.79 Å². The lowest BCUT2D eigenvalue weighted by atomic mass is 9.92. The van der Waals surface area contributed by atoms with E-state index in [2.05, 4.69) is 16.0 Å². The SMILES string of the molecule is Cl.O=C(CN1C(=O)NC2(CCc3ccccc32)C1=O)NCC1CCCNC1. The minimum absolute atomic E-state index is 0. The number of rotatable bonds is 4. The highest BCUT2D eigenvalue weighted by Gasteiger charge is 2.55. The van der Waals surface area contributed by atoms with E-state index >= 15 is 0 Å². The van der Waals surface area contributed by atoms with Gasteiger partial charge in [0.05, 0.1) is 0 Å². The normalized spacial score (nSPS) is 26.5. The average Bonchev–Trinajstić information content (AvgIpc) is 3.15. The summed E-state index contributed by atoms with van der Waals surface area (Å²) in [5.41, 5.74) is 0.938. The number of urea groups is 1. The number of imide groups is 1. The van der Waals surface area contributed by atoms with Crippen molar-refractivity contribution in [2.24, 2.45) is 5.92 Å². The van der Waals surface area contributed by atoms with E-state index in [0.29, 0.717) is 18.9 Å². The number of aryl methyl sites for hydroxylation is 1. The molecule has 0 bridgehead atoms. The number of hydrogen-bond donors (Lipinski definition) is 3. The predicted octanol–water partition coefficient (Wildman–Crippen LogP) is 0.918. The molecule has 0 radical (unpaired) electrons. The first-order valence-electron chi connectivity index (χ1n) is 9.30. The van der Waals surface area contributed by atoms with Crippen LogP contribution in [0.2, 0.25) is 0 Å². The Morgan fingerprint density at radius 3 is 2.89 bits per heavy atom. The van der Waals surface area contributed by atoms with E-state index in [-0.39, 0.29) is 30.8 Å². The summed E-state index contributed by atoms with van der Waals surface area (Å²) in [7, 11) is 0. The number of carbonyl (C=O) groups is 3. The van der Waals surface area contributed by atoms with Crippen LogP contribution in [0.15, 0.2) is 24.3 Å². The molecule has 3 aliphatic rings. The lowest BCUT2D eigenvalue weighted by Crippen LogP contribution is -2.45. The molecule has 0 aromatic heterocycles. The van der Waals surface area contributed by atoms with Gasteiger partial charge >= 0.3 is 6.03 Å². The van der Waals surface area contributed by atoms with Crippen LogP contribution in [0, 0.1) is 5.92 Å². The Morgan fingerprint density at radius 1 is 1.30 bits per heavy atom. The van der Waals surface area contributed by atoms with Crippen LogP contribution in [0.4, 0.5) is 4.79 Å². The molecule has 2 heterocycles. The summed E-state index contributed by atoms with van der Waals surface area (Å²) in [4.78, 5) is 38.7. The quantitative estimate of drug-likeness (QED) is 0.664. The lowest BCUT2D eigenvalue weighted by molar-refractivity contribution is -0.135. The summed E-state index contributed by atoms with van der Waals surface area (Å²) in [6.07, 6.45) is 3.48. The minimum atomic E-state index is -0.999. The standard InChI is InChI=1S/C19H24N4O3.ClH/c24-16(21-11-13-4-3-9-20-10-13)12-23-17(25)19(22-18(23)26)8-7-14-5-1-2-6-15(14)19;/h1-2,5-6,13,20H,3-4,7-12H2,(H,21,24)(H,22,26);1H. The number of nitrogens with one attached hydrogen (secondary N) is 3. The van der Waals surface area contributed by atoms with E-state index in [9.17, 15) is 14.4 Å². The number of halogens is 1. The van der Waals surface area contributed by atoms with Gasteiger partial charge in [0.25, 0.3) is 5.91 Å². The molecule has 3 N–H and O–H groups in total. The molecule has 4 amide bonds. The van der Waals surface area contributed by atoms with Crippen molar-refractivity contribution in [2.75, 3.05) is 26.2 Å². The second-order valence-electron chi connectivity index (χ2n) is 7.40. The molecule has 2 fully saturated rings. The Hall–Kier alpha value is -2.12. The molecule has 1 aromatic carbocycles. The van der Waals surface area contributed by atoms with Gasteiger partial charge in [-0.1, -0.05) is 24.3 Å². The monoisotopic (exact) mass is 392 g/mol. The van der Waals surface area contributed by atoms with E-state index in [1.54, 1.807) is 0 Å². The molecule has 2 saturated heterocycles. The van der Waals surface area contributed by atoms with Gasteiger partial charge in [-0.3, -0.25) is 14.5 Å². The Kier molecular flexibility index (Phi) is 5.72. The van der Waals surface area contributed by atoms with Gasteiger partial charge in [-0.05, 0) is 55.8 Å². The zero-order chi connectivity index (χ0) is 18.1. The van der Waals surface area contributed by atoms with Gasteiger partial charge in [0.1, 0.15) is 12.1 Å². The number of benzene rings is 1. The van der Waals surface area contributed by atoms with Crippen molar-refractivity contribution >= 4 is 30.3 Å². The molecule has 27 heavy (non-hydrogen) atoms. The van der Waals surface area contributed by atoms with Gasteiger partial charge < -0.3 is 16.0 Å². The fourth-order valence-electron chi connectivity index (χ4n) is 4.29. The summed E-state index contributed by atoms with van der Waals surface area (Å²) in [6, 6.07) is 7.20. The van der Waals surface area contributed by atoms with Gasteiger partial charge in [0.15, 0.2) is 0 Å². The predicted molar refractivity (Wildman–Crippen MR) is 103 cm³/mol. The van der Waals surface area contributed by atoms with Crippen LogP contribution >= 0.6 is 12.4 Å².